The molecule has 4 atom stereocenters. The molecule has 3 saturated carbocycles. The fourth-order valence-corrected chi connectivity index (χ4v) is 5.81. The van der Waals surface area contributed by atoms with Crippen molar-refractivity contribution in [1.29, 1.82) is 0 Å². The SMILES string of the molecule is C=C1CCCC/C1=C/C=C1\CCCC2(C)C(C/C=C/[C@H](C)C(C)C)CCC12.CC.CC. The zero-order valence-electron chi connectivity index (χ0n) is 22.4. The maximum absolute atomic E-state index is 4.31. The van der Waals surface area contributed by atoms with Crippen molar-refractivity contribution in [2.24, 2.45) is 29.1 Å². The first kappa shape index (κ1) is 28.0. The molecule has 3 aliphatic rings. The van der Waals surface area contributed by atoms with E-state index in [1.165, 1.54) is 75.4 Å². The molecule has 0 amide bonds. The first-order valence-corrected chi connectivity index (χ1v) is 13.7. The third-order valence-corrected chi connectivity index (χ3v) is 8.20. The molecule has 3 fully saturated rings. The van der Waals surface area contributed by atoms with Crippen LogP contribution in [-0.4, -0.2) is 0 Å². The van der Waals surface area contributed by atoms with Gasteiger partial charge >= 0.3 is 0 Å². The average Bonchev–Trinajstić information content (AvgIpc) is 3.12. The second kappa shape index (κ2) is 14.2. The Kier molecular flexibility index (Phi) is 12.8. The number of rotatable bonds is 5. The Bertz CT molecular complexity index is 614. The van der Waals surface area contributed by atoms with Crippen LogP contribution in [0.1, 0.15) is 120 Å². The minimum absolute atomic E-state index is 0.525. The van der Waals surface area contributed by atoms with Crippen LogP contribution in [0.2, 0.25) is 0 Å². The quantitative estimate of drug-likeness (QED) is 0.383. The second-order valence-electron chi connectivity index (χ2n) is 10.2. The van der Waals surface area contributed by atoms with Gasteiger partial charge < -0.3 is 0 Å². The van der Waals surface area contributed by atoms with E-state index in [-0.39, 0.29) is 0 Å². The lowest BCUT2D eigenvalue weighted by Gasteiger charge is -2.42. The van der Waals surface area contributed by atoms with Crippen LogP contribution in [0.4, 0.5) is 0 Å². The van der Waals surface area contributed by atoms with Crippen molar-refractivity contribution in [3.8, 4) is 0 Å². The van der Waals surface area contributed by atoms with Crippen molar-refractivity contribution < 1.29 is 0 Å². The monoisotopic (exact) mass is 426 g/mol. The van der Waals surface area contributed by atoms with Crippen LogP contribution in [-0.2, 0) is 0 Å². The highest BCUT2D eigenvalue weighted by molar-refractivity contribution is 5.35. The van der Waals surface area contributed by atoms with E-state index in [0.29, 0.717) is 11.3 Å². The van der Waals surface area contributed by atoms with Crippen LogP contribution in [0.25, 0.3) is 0 Å². The van der Waals surface area contributed by atoms with Crippen LogP contribution in [0, 0.1) is 29.1 Å². The molecule has 0 heterocycles. The minimum Gasteiger partial charge on any atom is -0.0956 e. The molecule has 3 aliphatic carbocycles. The Morgan fingerprint density at radius 2 is 1.61 bits per heavy atom. The van der Waals surface area contributed by atoms with E-state index in [1.807, 2.05) is 27.7 Å². The smallest absolute Gasteiger partial charge is 0.0143 e. The van der Waals surface area contributed by atoms with Crippen molar-refractivity contribution in [3.63, 3.8) is 0 Å². The summed E-state index contributed by atoms with van der Waals surface area (Å²) >= 11 is 0. The molecule has 0 heteroatoms. The molecular formula is C31H54. The maximum atomic E-state index is 4.31. The summed E-state index contributed by atoms with van der Waals surface area (Å²) in [6.45, 7) is 21.9. The number of hydrogen-bond acceptors (Lipinski definition) is 0. The zero-order chi connectivity index (χ0) is 23.4. The van der Waals surface area contributed by atoms with Crippen LogP contribution < -0.4 is 0 Å². The molecular weight excluding hydrogens is 372 g/mol. The molecule has 0 aromatic rings. The molecule has 0 N–H and O–H groups in total. The molecule has 0 aromatic carbocycles. The van der Waals surface area contributed by atoms with Crippen LogP contribution in [0.15, 0.2) is 47.6 Å². The van der Waals surface area contributed by atoms with Crippen LogP contribution >= 0.6 is 0 Å². The molecule has 0 radical (unpaired) electrons. The Morgan fingerprint density at radius 1 is 0.935 bits per heavy atom. The van der Waals surface area contributed by atoms with E-state index in [9.17, 15) is 0 Å². The van der Waals surface area contributed by atoms with Gasteiger partial charge in [-0.15, -0.1) is 0 Å². The molecule has 3 unspecified atom stereocenters. The highest BCUT2D eigenvalue weighted by Crippen LogP contribution is 2.58. The number of fused-ring (bicyclic) bond motifs is 1. The van der Waals surface area contributed by atoms with E-state index >= 15 is 0 Å². The third kappa shape index (κ3) is 7.50. The van der Waals surface area contributed by atoms with Crippen molar-refractivity contribution in [1.82, 2.24) is 0 Å². The van der Waals surface area contributed by atoms with Gasteiger partial charge in [0.15, 0.2) is 0 Å². The van der Waals surface area contributed by atoms with E-state index in [1.54, 1.807) is 5.57 Å². The summed E-state index contributed by atoms with van der Waals surface area (Å²) in [6, 6.07) is 0. The lowest BCUT2D eigenvalue weighted by atomic mass is 9.63. The molecule has 0 aliphatic heterocycles. The first-order chi connectivity index (χ1) is 14.9. The van der Waals surface area contributed by atoms with Crippen molar-refractivity contribution >= 4 is 0 Å². The van der Waals surface area contributed by atoms with Gasteiger partial charge in [0.05, 0.1) is 0 Å². The van der Waals surface area contributed by atoms with Gasteiger partial charge in [-0.25, -0.2) is 0 Å². The average molecular weight is 427 g/mol. The fourth-order valence-electron chi connectivity index (χ4n) is 5.81. The largest absolute Gasteiger partial charge is 0.0956 e. The second-order valence-corrected chi connectivity index (χ2v) is 10.2. The molecule has 0 saturated heterocycles. The predicted octanol–water partition coefficient (Wildman–Crippen LogP) is 10.5. The Labute approximate surface area is 196 Å². The minimum atomic E-state index is 0.525. The zero-order valence-corrected chi connectivity index (χ0v) is 22.4. The normalized spacial score (nSPS) is 31.8. The Hall–Kier alpha value is -1.04. The van der Waals surface area contributed by atoms with E-state index in [2.05, 4.69) is 58.6 Å². The summed E-state index contributed by atoms with van der Waals surface area (Å²) < 4.78 is 0. The van der Waals surface area contributed by atoms with Gasteiger partial charge in [-0.3, -0.25) is 0 Å². The summed E-state index contributed by atoms with van der Waals surface area (Å²) in [5.74, 6) is 3.15. The topological polar surface area (TPSA) is 0 Å². The lowest BCUT2D eigenvalue weighted by Crippen LogP contribution is -2.33. The lowest BCUT2D eigenvalue weighted by molar-refractivity contribution is 0.137. The highest BCUT2D eigenvalue weighted by Gasteiger charge is 2.48. The Balaban J connectivity index is 0.00000113. The summed E-state index contributed by atoms with van der Waals surface area (Å²) in [4.78, 5) is 0. The summed E-state index contributed by atoms with van der Waals surface area (Å²) in [6.07, 6.45) is 23.3. The summed E-state index contributed by atoms with van der Waals surface area (Å²) in [7, 11) is 0. The van der Waals surface area contributed by atoms with Gasteiger partial charge in [-0.2, -0.15) is 0 Å². The molecule has 178 valence electrons. The van der Waals surface area contributed by atoms with Gasteiger partial charge in [0, 0.05) is 0 Å². The number of hydrogen-bond donors (Lipinski definition) is 0. The van der Waals surface area contributed by atoms with E-state index < -0.39 is 0 Å². The fraction of sp³-hybridized carbons (Fsp3) is 0.742. The van der Waals surface area contributed by atoms with Crippen molar-refractivity contribution in [2.75, 3.05) is 0 Å². The summed E-state index contributed by atoms with van der Waals surface area (Å²) in [5, 5.41) is 0. The Morgan fingerprint density at radius 3 is 2.26 bits per heavy atom. The first-order valence-electron chi connectivity index (χ1n) is 13.7. The van der Waals surface area contributed by atoms with Crippen molar-refractivity contribution in [2.45, 2.75) is 120 Å². The third-order valence-electron chi connectivity index (χ3n) is 8.20. The maximum Gasteiger partial charge on any atom is -0.0143 e. The van der Waals surface area contributed by atoms with Gasteiger partial charge in [0.1, 0.15) is 0 Å². The standard InChI is InChI=1S/C27H42.2C2H6/c1-20(2)21(3)11-8-14-25-17-18-26-24(13-9-19-27(25,26)5)16-15-23-12-7-6-10-22(23)4;2*1-2/h8,11,15-16,20-21,25-26H,4,6-7,9-10,12-14,17-19H2,1-3,5H3;2*1-2H3/b11-8+,23-15-,24-16+;;/t21-,25?,26?,27?;;/m0../s1. The molecule has 0 bridgehead atoms. The highest BCUT2D eigenvalue weighted by atomic mass is 14.5. The summed E-state index contributed by atoms with van der Waals surface area (Å²) in [5.41, 5.74) is 5.20. The van der Waals surface area contributed by atoms with Gasteiger partial charge in [0.2, 0.25) is 0 Å². The molecule has 0 spiro atoms. The van der Waals surface area contributed by atoms with Gasteiger partial charge in [0.25, 0.3) is 0 Å². The van der Waals surface area contributed by atoms with E-state index in [4.69, 9.17) is 0 Å². The predicted molar refractivity (Wildman–Crippen MR) is 142 cm³/mol. The van der Waals surface area contributed by atoms with Crippen LogP contribution in [0.3, 0.4) is 0 Å². The van der Waals surface area contributed by atoms with Gasteiger partial charge in [-0.1, -0.05) is 97.4 Å². The molecule has 0 aromatic heterocycles. The molecule has 3 rings (SSSR count). The molecule has 31 heavy (non-hydrogen) atoms. The van der Waals surface area contributed by atoms with Gasteiger partial charge in [-0.05, 0) is 98.9 Å². The van der Waals surface area contributed by atoms with Crippen molar-refractivity contribution in [3.05, 3.63) is 47.6 Å². The van der Waals surface area contributed by atoms with E-state index in [0.717, 1.165) is 17.8 Å². The number of allylic oxidation sites excluding steroid dienone is 7. The molecule has 0 nitrogen and oxygen atoms in total. The van der Waals surface area contributed by atoms with Crippen LogP contribution in [0.5, 0.6) is 0 Å².